The molecule has 0 bridgehead atoms. The van der Waals surface area contributed by atoms with Gasteiger partial charge in [-0.2, -0.15) is 0 Å². The molecule has 0 radical (unpaired) electrons. The lowest BCUT2D eigenvalue weighted by molar-refractivity contribution is -0.139. The number of halogens is 1. The predicted octanol–water partition coefficient (Wildman–Crippen LogP) is 4.36. The zero-order chi connectivity index (χ0) is 28.6. The summed E-state index contributed by atoms with van der Waals surface area (Å²) in [5.74, 6) is -0.998. The number of hydrogen-bond acceptors (Lipinski definition) is 5. The Kier molecular flexibility index (Phi) is 10.1. The maximum Gasteiger partial charge on any atom is 0.264 e. The van der Waals surface area contributed by atoms with E-state index in [1.54, 1.807) is 43.3 Å². The summed E-state index contributed by atoms with van der Waals surface area (Å²) in [5.41, 5.74) is 0.816. The quantitative estimate of drug-likeness (QED) is 0.358. The van der Waals surface area contributed by atoms with Crippen molar-refractivity contribution >= 4 is 27.5 Å². The lowest BCUT2D eigenvalue weighted by Crippen LogP contribution is -2.52. The van der Waals surface area contributed by atoms with Crippen molar-refractivity contribution in [1.29, 1.82) is 0 Å². The van der Waals surface area contributed by atoms with Crippen LogP contribution in [0.5, 0.6) is 5.75 Å². The van der Waals surface area contributed by atoms with Gasteiger partial charge in [0, 0.05) is 18.7 Å². The van der Waals surface area contributed by atoms with Crippen LogP contribution >= 0.6 is 0 Å². The smallest absolute Gasteiger partial charge is 0.264 e. The summed E-state index contributed by atoms with van der Waals surface area (Å²) < 4.78 is 47.4. The maximum absolute atomic E-state index is 13.9. The second kappa shape index (κ2) is 13.2. The van der Waals surface area contributed by atoms with Crippen LogP contribution in [0.2, 0.25) is 0 Å². The molecule has 2 amide bonds. The van der Waals surface area contributed by atoms with Gasteiger partial charge >= 0.3 is 0 Å². The Morgan fingerprint density at radius 3 is 2.26 bits per heavy atom. The third kappa shape index (κ3) is 7.57. The molecule has 3 rings (SSSR count). The van der Waals surface area contributed by atoms with Crippen LogP contribution in [0.3, 0.4) is 0 Å². The van der Waals surface area contributed by atoms with Crippen LogP contribution in [-0.2, 0) is 26.2 Å². The van der Waals surface area contributed by atoms with Crippen LogP contribution in [0.1, 0.15) is 32.8 Å². The standard InChI is InChI=1S/C29H34FN3O5S/c1-5-21(2)31-29(35)22(3)32(19-23-14-16-24(30)17-15-23)28(34)20-33(25-10-9-11-26(18-25)38-4)39(36,37)27-12-7-6-8-13-27/h6-18,21-22H,5,19-20H2,1-4H3,(H,31,35)/t21-,22+/m1/s1. The normalized spacial score (nSPS) is 12.7. The lowest BCUT2D eigenvalue weighted by Gasteiger charge is -2.32. The molecule has 3 aromatic carbocycles. The average molecular weight is 556 g/mol. The van der Waals surface area contributed by atoms with Crippen LogP contribution < -0.4 is 14.4 Å². The van der Waals surface area contributed by atoms with Gasteiger partial charge in [-0.05, 0) is 62.2 Å². The van der Waals surface area contributed by atoms with Crippen molar-refractivity contribution in [3.63, 3.8) is 0 Å². The van der Waals surface area contributed by atoms with Gasteiger partial charge in [0.2, 0.25) is 11.8 Å². The fraction of sp³-hybridized carbons (Fsp3) is 0.310. The molecular formula is C29H34FN3O5S. The minimum atomic E-state index is -4.17. The average Bonchev–Trinajstić information content (AvgIpc) is 2.95. The van der Waals surface area contributed by atoms with E-state index in [2.05, 4.69) is 5.32 Å². The third-order valence-corrected chi connectivity index (χ3v) is 8.17. The first-order valence-corrected chi connectivity index (χ1v) is 14.1. The van der Waals surface area contributed by atoms with Gasteiger partial charge in [0.15, 0.2) is 0 Å². The van der Waals surface area contributed by atoms with E-state index >= 15 is 0 Å². The number of hydrogen-bond donors (Lipinski definition) is 1. The Morgan fingerprint density at radius 2 is 1.64 bits per heavy atom. The molecule has 2 atom stereocenters. The summed E-state index contributed by atoms with van der Waals surface area (Å²) in [5, 5.41) is 2.87. The van der Waals surface area contributed by atoms with Gasteiger partial charge in [-0.25, -0.2) is 12.8 Å². The Morgan fingerprint density at radius 1 is 0.974 bits per heavy atom. The van der Waals surface area contributed by atoms with Gasteiger partial charge < -0.3 is 15.0 Å². The lowest BCUT2D eigenvalue weighted by atomic mass is 10.1. The maximum atomic E-state index is 13.9. The highest BCUT2D eigenvalue weighted by Crippen LogP contribution is 2.27. The van der Waals surface area contributed by atoms with E-state index in [-0.39, 0.29) is 29.1 Å². The molecular weight excluding hydrogens is 521 g/mol. The molecule has 10 heteroatoms. The van der Waals surface area contributed by atoms with Crippen LogP contribution in [-0.4, -0.2) is 50.9 Å². The van der Waals surface area contributed by atoms with Gasteiger partial charge in [0.1, 0.15) is 24.2 Å². The molecule has 0 aliphatic carbocycles. The number of amides is 2. The number of carbonyl (C=O) groups excluding carboxylic acids is 2. The van der Waals surface area contributed by atoms with E-state index in [1.165, 1.54) is 54.5 Å². The third-order valence-electron chi connectivity index (χ3n) is 6.39. The fourth-order valence-corrected chi connectivity index (χ4v) is 5.28. The number of methoxy groups -OCH3 is 1. The molecule has 0 spiro atoms. The molecule has 208 valence electrons. The van der Waals surface area contributed by atoms with Crippen molar-refractivity contribution in [3.05, 3.63) is 90.2 Å². The highest BCUT2D eigenvalue weighted by molar-refractivity contribution is 7.92. The first kappa shape index (κ1) is 29.6. The summed E-state index contributed by atoms with van der Waals surface area (Å²) in [6.45, 7) is 4.77. The molecule has 0 unspecified atom stereocenters. The Hall–Kier alpha value is -3.92. The number of carbonyl (C=O) groups is 2. The van der Waals surface area contributed by atoms with Gasteiger partial charge in [0.05, 0.1) is 17.7 Å². The molecule has 3 aromatic rings. The van der Waals surface area contributed by atoms with Crippen molar-refractivity contribution in [2.75, 3.05) is 18.0 Å². The van der Waals surface area contributed by atoms with Crippen molar-refractivity contribution in [2.45, 2.75) is 50.7 Å². The molecule has 0 aliphatic heterocycles. The van der Waals surface area contributed by atoms with E-state index in [4.69, 9.17) is 4.74 Å². The number of rotatable bonds is 12. The van der Waals surface area contributed by atoms with E-state index in [0.29, 0.717) is 17.7 Å². The monoisotopic (exact) mass is 555 g/mol. The summed E-state index contributed by atoms with van der Waals surface area (Å²) in [4.78, 5) is 28.2. The SMILES string of the molecule is CC[C@@H](C)NC(=O)[C@H](C)N(Cc1ccc(F)cc1)C(=O)CN(c1cccc(OC)c1)S(=O)(=O)c1ccccc1. The molecule has 1 N–H and O–H groups in total. The highest BCUT2D eigenvalue weighted by atomic mass is 32.2. The van der Waals surface area contributed by atoms with Crippen molar-refractivity contribution in [2.24, 2.45) is 0 Å². The second-order valence-corrected chi connectivity index (χ2v) is 11.0. The zero-order valence-corrected chi connectivity index (χ0v) is 23.3. The van der Waals surface area contributed by atoms with E-state index < -0.39 is 34.3 Å². The predicted molar refractivity (Wildman–Crippen MR) is 148 cm³/mol. The zero-order valence-electron chi connectivity index (χ0n) is 22.5. The highest BCUT2D eigenvalue weighted by Gasteiger charge is 2.32. The topological polar surface area (TPSA) is 96.0 Å². The molecule has 0 saturated heterocycles. The van der Waals surface area contributed by atoms with Crippen LogP contribution in [0.25, 0.3) is 0 Å². The molecule has 0 aliphatic rings. The van der Waals surface area contributed by atoms with Crippen LogP contribution in [0.15, 0.2) is 83.8 Å². The van der Waals surface area contributed by atoms with Gasteiger partial charge in [-0.15, -0.1) is 0 Å². The Bertz CT molecular complexity index is 1370. The summed E-state index contributed by atoms with van der Waals surface area (Å²) in [6, 6.07) is 18.7. The molecule has 8 nitrogen and oxygen atoms in total. The van der Waals surface area contributed by atoms with Crippen LogP contribution in [0, 0.1) is 5.82 Å². The molecule has 0 aromatic heterocycles. The second-order valence-electron chi connectivity index (χ2n) is 9.17. The van der Waals surface area contributed by atoms with E-state index in [9.17, 15) is 22.4 Å². The number of ether oxygens (including phenoxy) is 1. The number of sulfonamides is 1. The largest absolute Gasteiger partial charge is 0.497 e. The minimum absolute atomic E-state index is 0.00765. The summed E-state index contributed by atoms with van der Waals surface area (Å²) in [7, 11) is -2.71. The number of anilines is 1. The van der Waals surface area contributed by atoms with Gasteiger partial charge in [-0.1, -0.05) is 43.3 Å². The minimum Gasteiger partial charge on any atom is -0.497 e. The fourth-order valence-electron chi connectivity index (χ4n) is 3.85. The van der Waals surface area contributed by atoms with Crippen LogP contribution in [0.4, 0.5) is 10.1 Å². The Balaban J connectivity index is 2.02. The summed E-state index contributed by atoms with van der Waals surface area (Å²) >= 11 is 0. The van der Waals surface area contributed by atoms with Crippen molar-refractivity contribution < 1.29 is 27.1 Å². The first-order valence-electron chi connectivity index (χ1n) is 12.6. The van der Waals surface area contributed by atoms with Gasteiger partial charge in [-0.3, -0.25) is 13.9 Å². The van der Waals surface area contributed by atoms with E-state index in [0.717, 1.165) is 4.31 Å². The molecule has 0 saturated carbocycles. The number of benzene rings is 3. The Labute approximate surface area is 229 Å². The van der Waals surface area contributed by atoms with Gasteiger partial charge in [0.25, 0.3) is 10.0 Å². The molecule has 0 heterocycles. The number of nitrogens with one attached hydrogen (secondary N) is 1. The number of nitrogens with zero attached hydrogens (tertiary/aromatic N) is 2. The molecule has 39 heavy (non-hydrogen) atoms. The first-order chi connectivity index (χ1) is 18.6. The molecule has 0 fully saturated rings. The summed E-state index contributed by atoms with van der Waals surface area (Å²) in [6.07, 6.45) is 0.698. The van der Waals surface area contributed by atoms with Crippen molar-refractivity contribution in [1.82, 2.24) is 10.2 Å². The van der Waals surface area contributed by atoms with Crippen molar-refractivity contribution in [3.8, 4) is 5.75 Å². The van der Waals surface area contributed by atoms with E-state index in [1.807, 2.05) is 13.8 Å².